The van der Waals surface area contributed by atoms with Crippen molar-refractivity contribution >= 4 is 0 Å². The molecule has 162 valence electrons. The van der Waals surface area contributed by atoms with Crippen molar-refractivity contribution in [3.63, 3.8) is 0 Å². The lowest BCUT2D eigenvalue weighted by Gasteiger charge is -2.43. The Kier molecular flexibility index (Phi) is 7.27. The highest BCUT2D eigenvalue weighted by Gasteiger charge is 2.49. The van der Waals surface area contributed by atoms with Crippen molar-refractivity contribution in [2.75, 3.05) is 0 Å². The summed E-state index contributed by atoms with van der Waals surface area (Å²) in [4.78, 5) is 0. The third-order valence-electron chi connectivity index (χ3n) is 8.17. The smallest absolute Gasteiger partial charge is 0.0777 e. The van der Waals surface area contributed by atoms with E-state index >= 15 is 0 Å². The van der Waals surface area contributed by atoms with Gasteiger partial charge in [-0.05, 0) is 106 Å². The van der Waals surface area contributed by atoms with E-state index in [1.807, 2.05) is 6.92 Å². The van der Waals surface area contributed by atoms with Crippen LogP contribution in [-0.2, 0) is 0 Å². The minimum absolute atomic E-state index is 0.411. The third-order valence-corrected chi connectivity index (χ3v) is 8.17. The Morgan fingerprint density at radius 3 is 2.72 bits per heavy atom. The number of aliphatic hydroxyl groups excluding tert-OH is 2. The van der Waals surface area contributed by atoms with Crippen molar-refractivity contribution in [1.29, 1.82) is 0 Å². The molecule has 0 saturated heterocycles. The van der Waals surface area contributed by atoms with E-state index in [9.17, 15) is 10.2 Å². The van der Waals surface area contributed by atoms with Crippen molar-refractivity contribution in [1.82, 2.24) is 0 Å². The summed E-state index contributed by atoms with van der Waals surface area (Å²) in [5.41, 5.74) is 5.49. The van der Waals surface area contributed by atoms with Crippen molar-refractivity contribution in [2.45, 2.75) is 98.2 Å². The molecule has 0 aromatic carbocycles. The van der Waals surface area contributed by atoms with Gasteiger partial charge in [0.25, 0.3) is 0 Å². The predicted molar refractivity (Wildman–Crippen MR) is 123 cm³/mol. The van der Waals surface area contributed by atoms with Crippen LogP contribution in [0.3, 0.4) is 0 Å². The minimum Gasteiger partial charge on any atom is -0.393 e. The van der Waals surface area contributed by atoms with Crippen molar-refractivity contribution in [2.24, 2.45) is 23.2 Å². The third kappa shape index (κ3) is 4.97. The van der Waals surface area contributed by atoms with E-state index in [0.29, 0.717) is 24.2 Å². The molecule has 2 nitrogen and oxygen atoms in total. The monoisotopic (exact) mass is 398 g/mol. The molecule has 2 N–H and O–H groups in total. The molecule has 3 aliphatic carbocycles. The van der Waals surface area contributed by atoms with Crippen LogP contribution >= 0.6 is 0 Å². The minimum atomic E-state index is -0.499. The molecule has 3 rings (SSSR count). The zero-order valence-electron chi connectivity index (χ0n) is 19.2. The molecule has 0 unspecified atom stereocenters. The molecule has 0 bridgehead atoms. The molecule has 0 amide bonds. The lowest BCUT2D eigenvalue weighted by Crippen LogP contribution is -2.35. The van der Waals surface area contributed by atoms with Crippen LogP contribution in [0.15, 0.2) is 46.6 Å². The summed E-state index contributed by atoms with van der Waals surface area (Å²) in [5, 5.41) is 20.2. The molecule has 0 aromatic heterocycles. The molecule has 0 radical (unpaired) electrons. The molecular formula is C27H42O2. The van der Waals surface area contributed by atoms with Crippen molar-refractivity contribution in [3.05, 3.63) is 46.6 Å². The van der Waals surface area contributed by atoms with Crippen LogP contribution in [0.4, 0.5) is 0 Å². The molecule has 0 spiro atoms. The van der Waals surface area contributed by atoms with Gasteiger partial charge in [-0.15, -0.1) is 0 Å². The maximum absolute atomic E-state index is 10.2. The molecule has 3 aliphatic rings. The quantitative estimate of drug-likeness (QED) is 0.501. The SMILES string of the molecule is CC(C)=CCC[C@@H](C)[C@H]1CC[C@H]2C(/C=C/C3=C(C)[C@@H](O)C[C@H](O)C3)=CCC[C@]12C. The van der Waals surface area contributed by atoms with E-state index in [1.165, 1.54) is 49.7 Å². The fourth-order valence-electron chi connectivity index (χ4n) is 6.36. The van der Waals surface area contributed by atoms with Gasteiger partial charge in [-0.3, -0.25) is 0 Å². The Balaban J connectivity index is 1.72. The molecular weight excluding hydrogens is 356 g/mol. The standard InChI is InChI=1S/C27H42O2/c1-18(2)8-6-9-19(3)24-13-14-25-21(10-7-15-27(24,25)5)11-12-22-16-23(28)17-26(29)20(22)4/h8,10-12,19,23-26,28-29H,6-7,9,13-17H2,1-5H3/b12-11+/t19-,23-,24-,25+,26+,27-/m1/s1. The average molecular weight is 399 g/mol. The summed E-state index contributed by atoms with van der Waals surface area (Å²) in [6.45, 7) is 11.4. The van der Waals surface area contributed by atoms with Crippen LogP contribution < -0.4 is 0 Å². The normalized spacial score (nSPS) is 36.2. The Bertz CT molecular complexity index is 706. The van der Waals surface area contributed by atoms with E-state index in [2.05, 4.69) is 52.0 Å². The summed E-state index contributed by atoms with van der Waals surface area (Å²) >= 11 is 0. The fraction of sp³-hybridized carbons (Fsp3) is 0.704. The maximum Gasteiger partial charge on any atom is 0.0777 e. The van der Waals surface area contributed by atoms with Gasteiger partial charge in [-0.2, -0.15) is 0 Å². The second-order valence-electron chi connectivity index (χ2n) is 10.5. The molecule has 1 fully saturated rings. The molecule has 29 heavy (non-hydrogen) atoms. The lowest BCUT2D eigenvalue weighted by atomic mass is 9.62. The highest BCUT2D eigenvalue weighted by atomic mass is 16.3. The summed E-state index contributed by atoms with van der Waals surface area (Å²) in [5.74, 6) is 2.25. The van der Waals surface area contributed by atoms with Crippen LogP contribution in [0.1, 0.15) is 86.0 Å². The van der Waals surface area contributed by atoms with Gasteiger partial charge in [0.1, 0.15) is 0 Å². The second-order valence-corrected chi connectivity index (χ2v) is 10.5. The maximum atomic E-state index is 10.2. The Morgan fingerprint density at radius 2 is 2.00 bits per heavy atom. The Morgan fingerprint density at radius 1 is 1.24 bits per heavy atom. The van der Waals surface area contributed by atoms with E-state index in [1.54, 1.807) is 0 Å². The molecule has 0 aliphatic heterocycles. The van der Waals surface area contributed by atoms with E-state index in [-0.39, 0.29) is 0 Å². The molecule has 2 heteroatoms. The van der Waals surface area contributed by atoms with E-state index in [4.69, 9.17) is 0 Å². The predicted octanol–water partition coefficient (Wildman–Crippen LogP) is 6.51. The fourth-order valence-corrected chi connectivity index (χ4v) is 6.36. The van der Waals surface area contributed by atoms with Crippen molar-refractivity contribution < 1.29 is 10.2 Å². The van der Waals surface area contributed by atoms with Crippen molar-refractivity contribution in [3.8, 4) is 0 Å². The number of hydrogen-bond acceptors (Lipinski definition) is 2. The molecule has 0 heterocycles. The lowest BCUT2D eigenvalue weighted by molar-refractivity contribution is 0.0878. The number of rotatable bonds is 6. The highest BCUT2D eigenvalue weighted by Crippen LogP contribution is 2.58. The molecule has 0 aromatic rings. The summed E-state index contributed by atoms with van der Waals surface area (Å²) in [7, 11) is 0. The number of aliphatic hydroxyl groups is 2. The summed E-state index contributed by atoms with van der Waals surface area (Å²) < 4.78 is 0. The number of hydrogen-bond donors (Lipinski definition) is 2. The van der Waals surface area contributed by atoms with Gasteiger partial charge in [-0.1, -0.05) is 43.7 Å². The zero-order chi connectivity index (χ0) is 21.2. The zero-order valence-corrected chi connectivity index (χ0v) is 19.2. The van der Waals surface area contributed by atoms with Crippen LogP contribution in [-0.4, -0.2) is 22.4 Å². The van der Waals surface area contributed by atoms with Gasteiger partial charge in [-0.25, -0.2) is 0 Å². The first kappa shape index (κ1) is 22.6. The Hall–Kier alpha value is -1.12. The van der Waals surface area contributed by atoms with Crippen LogP contribution in [0, 0.1) is 23.2 Å². The van der Waals surface area contributed by atoms with Crippen LogP contribution in [0.2, 0.25) is 0 Å². The summed E-state index contributed by atoms with van der Waals surface area (Å²) in [6, 6.07) is 0. The average Bonchev–Trinajstić information content (AvgIpc) is 3.00. The van der Waals surface area contributed by atoms with Gasteiger partial charge >= 0.3 is 0 Å². The van der Waals surface area contributed by atoms with E-state index in [0.717, 1.165) is 23.0 Å². The van der Waals surface area contributed by atoms with Gasteiger partial charge in [0, 0.05) is 6.42 Å². The topological polar surface area (TPSA) is 40.5 Å². The number of allylic oxidation sites excluding steroid dienone is 6. The largest absolute Gasteiger partial charge is 0.393 e. The van der Waals surface area contributed by atoms with Gasteiger partial charge < -0.3 is 10.2 Å². The van der Waals surface area contributed by atoms with Gasteiger partial charge in [0.15, 0.2) is 0 Å². The second kappa shape index (κ2) is 9.35. The molecule has 1 saturated carbocycles. The van der Waals surface area contributed by atoms with Gasteiger partial charge in [0.05, 0.1) is 12.2 Å². The van der Waals surface area contributed by atoms with Gasteiger partial charge in [0.2, 0.25) is 0 Å². The van der Waals surface area contributed by atoms with Crippen LogP contribution in [0.5, 0.6) is 0 Å². The molecule has 6 atom stereocenters. The van der Waals surface area contributed by atoms with E-state index < -0.39 is 12.2 Å². The summed E-state index contributed by atoms with van der Waals surface area (Å²) in [6.07, 6.45) is 17.2. The number of fused-ring (bicyclic) bond motifs is 1. The van der Waals surface area contributed by atoms with Crippen LogP contribution in [0.25, 0.3) is 0 Å². The Labute approximate surface area is 178 Å². The first-order valence-electron chi connectivity index (χ1n) is 11.8. The highest BCUT2D eigenvalue weighted by molar-refractivity contribution is 5.37. The first-order valence-corrected chi connectivity index (χ1v) is 11.8. The first-order chi connectivity index (χ1) is 13.7.